The van der Waals surface area contributed by atoms with Gasteiger partial charge in [-0.2, -0.15) is 0 Å². The van der Waals surface area contributed by atoms with E-state index >= 15 is 0 Å². The average molecular weight is 460 g/mol. The molecule has 1 aromatic heterocycles. The molecule has 1 heterocycles. The molecule has 2 N–H and O–H groups in total. The van der Waals surface area contributed by atoms with Gasteiger partial charge >= 0.3 is 12.1 Å². The summed E-state index contributed by atoms with van der Waals surface area (Å²) in [6.45, 7) is 3.73. The second-order valence-corrected chi connectivity index (χ2v) is 7.30. The smallest absolute Gasteiger partial charge is 0.408 e. The fourth-order valence-electron chi connectivity index (χ4n) is 2.35. The lowest BCUT2D eigenvalue weighted by Crippen LogP contribution is -2.41. The van der Waals surface area contributed by atoms with Crippen molar-refractivity contribution in [2.75, 3.05) is 0 Å². The van der Waals surface area contributed by atoms with Gasteiger partial charge in [0, 0.05) is 12.4 Å². The first-order valence-corrected chi connectivity index (χ1v) is 9.66. The van der Waals surface area contributed by atoms with Crippen molar-refractivity contribution in [3.05, 3.63) is 76.3 Å². The molecule has 1 aromatic carbocycles. The van der Waals surface area contributed by atoms with Gasteiger partial charge in [0.1, 0.15) is 12.6 Å². The maximum atomic E-state index is 11.9. The van der Waals surface area contributed by atoms with Crippen LogP contribution >= 0.6 is 15.9 Å². The zero-order chi connectivity index (χ0) is 21.2. The molecule has 0 aliphatic heterocycles. The minimum absolute atomic E-state index is 0.0724. The molecule has 152 valence electrons. The molecule has 0 unspecified atom stereocenters. The Labute approximate surface area is 177 Å². The summed E-state index contributed by atoms with van der Waals surface area (Å²) in [6, 6.07) is 8.07. The largest absolute Gasteiger partial charge is 0.480 e. The van der Waals surface area contributed by atoms with Crippen LogP contribution in [0.25, 0.3) is 5.57 Å². The number of carboxylic acids is 1. The second-order valence-electron chi connectivity index (χ2n) is 6.39. The molecule has 0 aliphatic rings. The molecule has 0 spiro atoms. The molecule has 7 nitrogen and oxygen atoms in total. The van der Waals surface area contributed by atoms with Crippen LogP contribution in [-0.4, -0.2) is 33.2 Å². The third-order valence-corrected chi connectivity index (χ3v) is 4.33. The lowest BCUT2D eigenvalue weighted by Gasteiger charge is -2.15. The predicted octanol–water partition coefficient (Wildman–Crippen LogP) is 4.36. The number of carboxylic acid groups (broad SMARTS) is 1. The van der Waals surface area contributed by atoms with Gasteiger partial charge in [-0.05, 0) is 47.3 Å². The number of amides is 1. The van der Waals surface area contributed by atoms with Gasteiger partial charge in [0.05, 0.1) is 4.47 Å². The van der Waals surface area contributed by atoms with Crippen molar-refractivity contribution in [2.24, 2.45) is 0 Å². The highest BCUT2D eigenvalue weighted by molar-refractivity contribution is 9.10. The van der Waals surface area contributed by atoms with Crippen molar-refractivity contribution in [2.45, 2.75) is 32.9 Å². The van der Waals surface area contributed by atoms with E-state index in [0.29, 0.717) is 5.82 Å². The van der Waals surface area contributed by atoms with Gasteiger partial charge in [-0.25, -0.2) is 19.6 Å². The number of hydrogen-bond donors (Lipinski definition) is 2. The first kappa shape index (κ1) is 22.3. The van der Waals surface area contributed by atoms with E-state index < -0.39 is 18.1 Å². The Kier molecular flexibility index (Phi) is 8.54. The maximum absolute atomic E-state index is 11.9. The highest BCUT2D eigenvalue weighted by atomic mass is 79.9. The first-order valence-electron chi connectivity index (χ1n) is 8.87. The van der Waals surface area contributed by atoms with Gasteiger partial charge in [-0.3, -0.25) is 0 Å². The maximum Gasteiger partial charge on any atom is 0.408 e. The molecule has 2 aromatic rings. The standard InChI is InChI=1S/C21H22BrN3O4/c1-14(8-9-15(2)19-23-11-17(22)12-24-19)10-18(20(26)27)25-21(28)29-13-16-6-4-3-5-7-16/h3-9,11-12,18H,10,13H2,1-2H3,(H,25,28)(H,26,27)/b14-8+,15-9+/t18-/m0/s1. The van der Waals surface area contributed by atoms with Gasteiger partial charge in [0.15, 0.2) is 5.82 Å². The molecule has 0 saturated heterocycles. The molecule has 1 amide bonds. The summed E-state index contributed by atoms with van der Waals surface area (Å²) in [4.78, 5) is 31.9. The van der Waals surface area contributed by atoms with Crippen molar-refractivity contribution in [1.29, 1.82) is 0 Å². The normalized spacial score (nSPS) is 12.9. The number of carbonyl (C=O) groups is 2. The SMILES string of the molecule is C/C(=C\C=C(/C)c1ncc(Br)cn1)C[C@H](NC(=O)OCc1ccccc1)C(=O)O. The predicted molar refractivity (Wildman–Crippen MR) is 113 cm³/mol. The molecule has 0 saturated carbocycles. The first-order chi connectivity index (χ1) is 13.8. The highest BCUT2D eigenvalue weighted by Crippen LogP contribution is 2.13. The van der Waals surface area contributed by atoms with E-state index in [1.165, 1.54) is 0 Å². The summed E-state index contributed by atoms with van der Waals surface area (Å²) < 4.78 is 5.88. The molecule has 1 atom stereocenters. The topological polar surface area (TPSA) is 101 Å². The van der Waals surface area contributed by atoms with Crippen molar-refractivity contribution < 1.29 is 19.4 Å². The Hall–Kier alpha value is -3.00. The third-order valence-electron chi connectivity index (χ3n) is 3.92. The Morgan fingerprint density at radius 2 is 1.83 bits per heavy atom. The quantitative estimate of drug-likeness (QED) is 0.568. The zero-order valence-corrected chi connectivity index (χ0v) is 17.7. The van der Waals surface area contributed by atoms with Crippen molar-refractivity contribution in [3.63, 3.8) is 0 Å². The van der Waals surface area contributed by atoms with E-state index in [0.717, 1.165) is 21.2 Å². The van der Waals surface area contributed by atoms with E-state index in [-0.39, 0.29) is 13.0 Å². The molecule has 0 radical (unpaired) electrons. The average Bonchev–Trinajstić information content (AvgIpc) is 2.71. The molecule has 29 heavy (non-hydrogen) atoms. The highest BCUT2D eigenvalue weighted by Gasteiger charge is 2.21. The number of nitrogens with zero attached hydrogens (tertiary/aromatic N) is 2. The molecule has 0 aliphatic carbocycles. The van der Waals surface area contributed by atoms with Crippen molar-refractivity contribution >= 4 is 33.6 Å². The van der Waals surface area contributed by atoms with Gasteiger partial charge in [0.2, 0.25) is 0 Å². The molecular weight excluding hydrogens is 438 g/mol. The summed E-state index contributed by atoms with van der Waals surface area (Å²) in [5.41, 5.74) is 2.43. The van der Waals surface area contributed by atoms with E-state index in [2.05, 4.69) is 31.2 Å². The number of nitrogens with one attached hydrogen (secondary N) is 1. The van der Waals surface area contributed by atoms with Gasteiger partial charge in [0.25, 0.3) is 0 Å². The summed E-state index contributed by atoms with van der Waals surface area (Å²) in [6.07, 6.45) is 6.27. The Morgan fingerprint density at radius 3 is 2.45 bits per heavy atom. The monoisotopic (exact) mass is 459 g/mol. The summed E-state index contributed by atoms with van der Waals surface area (Å²) in [7, 11) is 0. The van der Waals surface area contributed by atoms with E-state index in [4.69, 9.17) is 4.74 Å². The molecule has 0 bridgehead atoms. The van der Waals surface area contributed by atoms with Crippen LogP contribution in [0.3, 0.4) is 0 Å². The zero-order valence-electron chi connectivity index (χ0n) is 16.1. The van der Waals surface area contributed by atoms with Crippen molar-refractivity contribution in [3.8, 4) is 0 Å². The molecule has 8 heteroatoms. The van der Waals surface area contributed by atoms with Crippen LogP contribution in [0.15, 0.2) is 64.9 Å². The molecular formula is C21H22BrN3O4. The number of aromatic nitrogens is 2. The number of carbonyl (C=O) groups excluding carboxylic acids is 1. The van der Waals surface area contributed by atoms with Crippen LogP contribution in [0.2, 0.25) is 0 Å². The van der Waals surface area contributed by atoms with Crippen LogP contribution in [0.1, 0.15) is 31.7 Å². The third kappa shape index (κ3) is 7.87. The minimum atomic E-state index is -1.13. The Bertz CT molecular complexity index is 896. The van der Waals surface area contributed by atoms with Crippen LogP contribution < -0.4 is 5.32 Å². The number of halogens is 1. The number of alkyl carbamates (subject to hydrolysis) is 1. The Balaban J connectivity index is 1.93. The fraction of sp³-hybridized carbons (Fsp3) is 0.238. The number of aliphatic carboxylic acids is 1. The van der Waals surface area contributed by atoms with Crippen LogP contribution in [0, 0.1) is 0 Å². The lowest BCUT2D eigenvalue weighted by molar-refractivity contribution is -0.139. The molecule has 0 fully saturated rings. The van der Waals surface area contributed by atoms with E-state index in [9.17, 15) is 14.7 Å². The van der Waals surface area contributed by atoms with Crippen LogP contribution in [0.5, 0.6) is 0 Å². The van der Waals surface area contributed by atoms with E-state index in [1.54, 1.807) is 25.4 Å². The Morgan fingerprint density at radius 1 is 1.17 bits per heavy atom. The van der Waals surface area contributed by atoms with Crippen LogP contribution in [-0.2, 0) is 16.1 Å². The van der Waals surface area contributed by atoms with Crippen LogP contribution in [0.4, 0.5) is 4.79 Å². The summed E-state index contributed by atoms with van der Waals surface area (Å²) in [5.74, 6) is -0.555. The summed E-state index contributed by atoms with van der Waals surface area (Å²) >= 11 is 3.28. The number of benzene rings is 1. The van der Waals surface area contributed by atoms with Gasteiger partial charge < -0.3 is 15.2 Å². The van der Waals surface area contributed by atoms with Crippen molar-refractivity contribution in [1.82, 2.24) is 15.3 Å². The number of ether oxygens (including phenoxy) is 1. The molecule has 2 rings (SSSR count). The summed E-state index contributed by atoms with van der Waals surface area (Å²) in [5, 5.41) is 11.8. The van der Waals surface area contributed by atoms with Gasteiger partial charge in [-0.1, -0.05) is 48.1 Å². The van der Waals surface area contributed by atoms with Gasteiger partial charge in [-0.15, -0.1) is 0 Å². The fourth-order valence-corrected chi connectivity index (χ4v) is 2.56. The van der Waals surface area contributed by atoms with E-state index in [1.807, 2.05) is 43.3 Å². The number of allylic oxidation sites excluding steroid dienone is 3. The second kappa shape index (κ2) is 11.1. The lowest BCUT2D eigenvalue weighted by atomic mass is 10.1. The minimum Gasteiger partial charge on any atom is -0.480 e. The number of rotatable bonds is 8. The number of hydrogen-bond acceptors (Lipinski definition) is 5.